The lowest BCUT2D eigenvalue weighted by molar-refractivity contribution is 0.0643. The van der Waals surface area contributed by atoms with E-state index in [0.29, 0.717) is 11.1 Å². The minimum Gasteiger partial charge on any atom is -0.451 e. The standard InChI is InChI=1S/C21H24N2O5S/c1-15(2)27-14-18-17-10-6-7-11-19(17)28-20(18)21(24)22-12-13-23-29(25,26)16-8-4-3-5-9-16/h3-11,15,23H,12-14H2,1-2H3,(H,22,24). The fraction of sp³-hybridized carbons (Fsp3) is 0.286. The van der Waals surface area contributed by atoms with Crippen molar-refractivity contribution in [1.82, 2.24) is 10.0 Å². The number of para-hydroxylation sites is 1. The zero-order valence-electron chi connectivity index (χ0n) is 16.3. The van der Waals surface area contributed by atoms with E-state index in [9.17, 15) is 13.2 Å². The number of furan rings is 1. The van der Waals surface area contributed by atoms with Crippen LogP contribution in [0.2, 0.25) is 0 Å². The maximum Gasteiger partial charge on any atom is 0.287 e. The summed E-state index contributed by atoms with van der Waals surface area (Å²) in [7, 11) is -3.61. The first-order valence-corrected chi connectivity index (χ1v) is 10.8. The highest BCUT2D eigenvalue weighted by Crippen LogP contribution is 2.27. The number of ether oxygens (including phenoxy) is 1. The van der Waals surface area contributed by atoms with E-state index < -0.39 is 15.9 Å². The second-order valence-corrected chi connectivity index (χ2v) is 8.50. The quantitative estimate of drug-likeness (QED) is 0.523. The van der Waals surface area contributed by atoms with Gasteiger partial charge in [0.25, 0.3) is 5.91 Å². The van der Waals surface area contributed by atoms with Gasteiger partial charge in [-0.25, -0.2) is 13.1 Å². The van der Waals surface area contributed by atoms with Gasteiger partial charge >= 0.3 is 0 Å². The molecule has 0 unspecified atom stereocenters. The van der Waals surface area contributed by atoms with Crippen molar-refractivity contribution in [1.29, 1.82) is 0 Å². The number of fused-ring (bicyclic) bond motifs is 1. The molecule has 0 aliphatic heterocycles. The normalized spacial score (nSPS) is 11.8. The zero-order chi connectivity index (χ0) is 20.9. The average molecular weight is 416 g/mol. The second-order valence-electron chi connectivity index (χ2n) is 6.73. The summed E-state index contributed by atoms with van der Waals surface area (Å²) in [6.45, 7) is 4.26. The van der Waals surface area contributed by atoms with Crippen molar-refractivity contribution >= 4 is 26.9 Å². The van der Waals surface area contributed by atoms with Gasteiger partial charge in [0.2, 0.25) is 10.0 Å². The Bertz CT molecular complexity index is 1070. The van der Waals surface area contributed by atoms with E-state index >= 15 is 0 Å². The topological polar surface area (TPSA) is 97.6 Å². The number of rotatable bonds is 9. The van der Waals surface area contributed by atoms with Gasteiger partial charge in [0.15, 0.2) is 5.76 Å². The van der Waals surface area contributed by atoms with Crippen molar-refractivity contribution in [2.45, 2.75) is 31.5 Å². The highest BCUT2D eigenvalue weighted by molar-refractivity contribution is 7.89. The zero-order valence-corrected chi connectivity index (χ0v) is 17.2. The van der Waals surface area contributed by atoms with Crippen LogP contribution in [0.5, 0.6) is 0 Å². The van der Waals surface area contributed by atoms with Gasteiger partial charge in [0.05, 0.1) is 17.6 Å². The summed E-state index contributed by atoms with van der Waals surface area (Å²) in [5.74, 6) is -0.236. The molecule has 0 atom stereocenters. The Labute approximate surface area is 170 Å². The minimum atomic E-state index is -3.61. The Morgan fingerprint density at radius 1 is 1.03 bits per heavy atom. The van der Waals surface area contributed by atoms with Crippen molar-refractivity contribution < 1.29 is 22.4 Å². The molecular formula is C21H24N2O5S. The molecule has 2 aromatic carbocycles. The van der Waals surface area contributed by atoms with E-state index in [1.54, 1.807) is 24.3 Å². The van der Waals surface area contributed by atoms with E-state index in [2.05, 4.69) is 10.0 Å². The predicted molar refractivity (Wildman–Crippen MR) is 110 cm³/mol. The number of amides is 1. The van der Waals surface area contributed by atoms with Crippen molar-refractivity contribution in [2.24, 2.45) is 0 Å². The molecule has 0 bridgehead atoms. The summed E-state index contributed by atoms with van der Waals surface area (Å²) in [6.07, 6.45) is 0.00645. The van der Waals surface area contributed by atoms with Gasteiger partial charge in [-0.3, -0.25) is 4.79 Å². The lowest BCUT2D eigenvalue weighted by Gasteiger charge is -2.09. The van der Waals surface area contributed by atoms with Crippen LogP contribution in [0.3, 0.4) is 0 Å². The minimum absolute atomic E-state index is 0.00645. The van der Waals surface area contributed by atoms with Crippen LogP contribution in [-0.4, -0.2) is 33.5 Å². The van der Waals surface area contributed by atoms with Gasteiger partial charge in [-0.1, -0.05) is 36.4 Å². The van der Waals surface area contributed by atoms with E-state index in [1.807, 2.05) is 32.0 Å². The number of nitrogens with one attached hydrogen (secondary N) is 2. The fourth-order valence-corrected chi connectivity index (χ4v) is 3.85. The third-order valence-electron chi connectivity index (χ3n) is 4.22. The molecule has 0 spiro atoms. The second kappa shape index (κ2) is 9.21. The number of sulfonamides is 1. The first-order valence-electron chi connectivity index (χ1n) is 9.33. The molecule has 0 saturated carbocycles. The van der Waals surface area contributed by atoms with E-state index in [-0.39, 0.29) is 36.5 Å². The summed E-state index contributed by atoms with van der Waals surface area (Å²) >= 11 is 0. The maximum atomic E-state index is 12.6. The molecule has 0 fully saturated rings. The highest BCUT2D eigenvalue weighted by Gasteiger charge is 2.21. The summed E-state index contributed by atoms with van der Waals surface area (Å²) in [4.78, 5) is 12.8. The van der Waals surface area contributed by atoms with Gasteiger partial charge in [-0.05, 0) is 32.0 Å². The van der Waals surface area contributed by atoms with Crippen molar-refractivity contribution in [3.8, 4) is 0 Å². The van der Waals surface area contributed by atoms with Gasteiger partial charge < -0.3 is 14.5 Å². The Hall–Kier alpha value is -2.68. The molecule has 0 radical (unpaired) electrons. The maximum absolute atomic E-state index is 12.6. The largest absolute Gasteiger partial charge is 0.451 e. The summed E-state index contributed by atoms with van der Waals surface area (Å²) < 4.78 is 38.3. The lowest BCUT2D eigenvalue weighted by atomic mass is 10.1. The first kappa shape index (κ1) is 21.0. The van der Waals surface area contributed by atoms with E-state index in [4.69, 9.17) is 9.15 Å². The van der Waals surface area contributed by atoms with Gasteiger partial charge in [0, 0.05) is 24.0 Å². The molecule has 29 heavy (non-hydrogen) atoms. The number of hydrogen-bond acceptors (Lipinski definition) is 5. The first-order chi connectivity index (χ1) is 13.9. The third-order valence-corrected chi connectivity index (χ3v) is 5.70. The van der Waals surface area contributed by atoms with Crippen LogP contribution in [0, 0.1) is 0 Å². The van der Waals surface area contributed by atoms with E-state index in [0.717, 1.165) is 5.39 Å². The molecule has 3 rings (SSSR count). The SMILES string of the molecule is CC(C)OCc1c(C(=O)NCCNS(=O)(=O)c2ccccc2)oc2ccccc12. The molecule has 0 saturated heterocycles. The van der Waals surface area contributed by atoms with Crippen molar-refractivity contribution in [3.05, 3.63) is 65.9 Å². The number of hydrogen-bond donors (Lipinski definition) is 2. The lowest BCUT2D eigenvalue weighted by Crippen LogP contribution is -2.34. The Morgan fingerprint density at radius 2 is 1.72 bits per heavy atom. The molecular weight excluding hydrogens is 392 g/mol. The monoisotopic (exact) mass is 416 g/mol. The molecule has 8 heteroatoms. The van der Waals surface area contributed by atoms with Crippen LogP contribution >= 0.6 is 0 Å². The van der Waals surface area contributed by atoms with E-state index in [1.165, 1.54) is 12.1 Å². The Morgan fingerprint density at radius 3 is 2.45 bits per heavy atom. The number of carbonyl (C=O) groups excluding carboxylic acids is 1. The molecule has 7 nitrogen and oxygen atoms in total. The molecule has 154 valence electrons. The molecule has 3 aromatic rings. The number of carbonyl (C=O) groups is 1. The summed E-state index contributed by atoms with van der Waals surface area (Å²) in [5.41, 5.74) is 1.28. The smallest absolute Gasteiger partial charge is 0.287 e. The van der Waals surface area contributed by atoms with Crippen LogP contribution in [-0.2, 0) is 21.4 Å². The summed E-state index contributed by atoms with van der Waals surface area (Å²) in [5, 5.41) is 3.52. The number of benzene rings is 2. The third kappa shape index (κ3) is 5.23. The Balaban J connectivity index is 1.65. The molecule has 2 N–H and O–H groups in total. The van der Waals surface area contributed by atoms with Crippen LogP contribution in [0.15, 0.2) is 63.9 Å². The van der Waals surface area contributed by atoms with Crippen LogP contribution < -0.4 is 10.0 Å². The molecule has 1 aromatic heterocycles. The van der Waals surface area contributed by atoms with Crippen LogP contribution in [0.1, 0.15) is 30.0 Å². The molecule has 1 amide bonds. The molecule has 0 aliphatic carbocycles. The van der Waals surface area contributed by atoms with Gasteiger partial charge in [-0.2, -0.15) is 0 Å². The van der Waals surface area contributed by atoms with Crippen LogP contribution in [0.4, 0.5) is 0 Å². The van der Waals surface area contributed by atoms with Crippen molar-refractivity contribution in [3.63, 3.8) is 0 Å². The Kier molecular flexibility index (Phi) is 6.68. The predicted octanol–water partition coefficient (Wildman–Crippen LogP) is 3.07. The van der Waals surface area contributed by atoms with Gasteiger partial charge in [0.1, 0.15) is 5.58 Å². The average Bonchev–Trinajstić information content (AvgIpc) is 3.09. The van der Waals surface area contributed by atoms with Crippen LogP contribution in [0.25, 0.3) is 11.0 Å². The van der Waals surface area contributed by atoms with Gasteiger partial charge in [-0.15, -0.1) is 0 Å². The molecule has 1 heterocycles. The van der Waals surface area contributed by atoms with Crippen molar-refractivity contribution in [2.75, 3.05) is 13.1 Å². The highest BCUT2D eigenvalue weighted by atomic mass is 32.2. The molecule has 0 aliphatic rings. The summed E-state index contributed by atoms with van der Waals surface area (Å²) in [6, 6.07) is 15.4. The fourth-order valence-electron chi connectivity index (χ4n) is 2.80.